The summed E-state index contributed by atoms with van der Waals surface area (Å²) in [5, 5.41) is 4.77. The standard InChI is InChI=1S/C22H20N4S.C2H5N/c1-2-7-19-18(6-1)20(14-24-19)25-16-8-9-21-22(13-16)27-12-11-26(21)15-17-5-3-4-10-23-17;1-2-3/h1-10,13-14,24-25H,11-12,15H2;2H,1,3H2. The number of nitrogens with zero attached hydrogens (tertiary/aromatic N) is 2. The highest BCUT2D eigenvalue weighted by atomic mass is 32.2. The van der Waals surface area contributed by atoms with Crippen molar-refractivity contribution < 1.29 is 0 Å². The van der Waals surface area contributed by atoms with Crippen LogP contribution in [0.2, 0.25) is 0 Å². The van der Waals surface area contributed by atoms with Crippen LogP contribution in [0.1, 0.15) is 5.69 Å². The highest BCUT2D eigenvalue weighted by molar-refractivity contribution is 7.99. The molecule has 0 aliphatic carbocycles. The SMILES string of the molecule is C=CN.c1ccc(CN2CCSc3cc(Nc4c[nH]c5ccccc45)ccc32)nc1. The lowest BCUT2D eigenvalue weighted by molar-refractivity contribution is 0.797. The Morgan fingerprint density at radius 2 is 2.00 bits per heavy atom. The van der Waals surface area contributed by atoms with Crippen LogP contribution in [0, 0.1) is 0 Å². The minimum absolute atomic E-state index is 0.851. The lowest BCUT2D eigenvalue weighted by atomic mass is 10.2. The zero-order valence-corrected chi connectivity index (χ0v) is 17.5. The number of nitrogens with one attached hydrogen (secondary N) is 2. The Kier molecular flexibility index (Phi) is 6.25. The molecule has 0 saturated heterocycles. The second-order valence-corrected chi connectivity index (χ2v) is 8.02. The van der Waals surface area contributed by atoms with E-state index in [2.05, 4.69) is 81.0 Å². The van der Waals surface area contributed by atoms with E-state index in [1.165, 1.54) is 22.2 Å². The molecule has 1 aliphatic heterocycles. The molecule has 0 radical (unpaired) electrons. The van der Waals surface area contributed by atoms with Gasteiger partial charge in [0.25, 0.3) is 0 Å². The van der Waals surface area contributed by atoms with Crippen molar-refractivity contribution in [3.05, 3.63) is 91.5 Å². The fourth-order valence-corrected chi connectivity index (χ4v) is 4.62. The lowest BCUT2D eigenvalue weighted by Gasteiger charge is -2.31. The van der Waals surface area contributed by atoms with Gasteiger partial charge in [0, 0.05) is 46.2 Å². The van der Waals surface area contributed by atoms with E-state index < -0.39 is 0 Å². The number of H-pyrrole nitrogens is 1. The molecule has 4 N–H and O–H groups in total. The van der Waals surface area contributed by atoms with Crippen molar-refractivity contribution in [2.75, 3.05) is 22.5 Å². The van der Waals surface area contributed by atoms with Crippen LogP contribution in [0.4, 0.5) is 17.1 Å². The summed E-state index contributed by atoms with van der Waals surface area (Å²) in [7, 11) is 0. The average molecular weight is 416 g/mol. The van der Waals surface area contributed by atoms with Crippen LogP contribution >= 0.6 is 11.8 Å². The average Bonchev–Trinajstić information content (AvgIpc) is 3.18. The van der Waals surface area contributed by atoms with Crippen LogP contribution in [0.25, 0.3) is 10.9 Å². The molecule has 5 nitrogen and oxygen atoms in total. The van der Waals surface area contributed by atoms with Crippen LogP contribution in [0.3, 0.4) is 0 Å². The number of rotatable bonds is 4. The third kappa shape index (κ3) is 4.44. The Bertz CT molecular complexity index is 1120. The third-order valence-corrected chi connectivity index (χ3v) is 5.89. The number of fused-ring (bicyclic) bond motifs is 2. The molecule has 0 amide bonds. The van der Waals surface area contributed by atoms with Crippen molar-refractivity contribution in [2.45, 2.75) is 11.4 Å². The van der Waals surface area contributed by atoms with Gasteiger partial charge in [-0.05, 0) is 42.6 Å². The Labute approximate surface area is 181 Å². The van der Waals surface area contributed by atoms with Gasteiger partial charge in [0.1, 0.15) is 0 Å². The number of thioether (sulfide) groups is 1. The van der Waals surface area contributed by atoms with Gasteiger partial charge in [-0.25, -0.2) is 0 Å². The molecular formula is C24H25N5S. The molecule has 6 heteroatoms. The minimum Gasteiger partial charge on any atom is -0.405 e. The summed E-state index contributed by atoms with van der Waals surface area (Å²) in [4.78, 5) is 11.5. The lowest BCUT2D eigenvalue weighted by Crippen LogP contribution is -2.28. The zero-order chi connectivity index (χ0) is 20.8. The summed E-state index contributed by atoms with van der Waals surface area (Å²) < 4.78 is 0. The van der Waals surface area contributed by atoms with Crippen LogP contribution in [0.5, 0.6) is 0 Å². The van der Waals surface area contributed by atoms with E-state index in [1.54, 1.807) is 0 Å². The van der Waals surface area contributed by atoms with Crippen molar-refractivity contribution in [3.8, 4) is 0 Å². The maximum atomic E-state index is 4.61. The molecule has 2 aromatic carbocycles. The first-order valence-corrected chi connectivity index (χ1v) is 10.8. The van der Waals surface area contributed by atoms with Gasteiger partial charge in [0.2, 0.25) is 0 Å². The van der Waals surface area contributed by atoms with Gasteiger partial charge in [-0.1, -0.05) is 30.8 Å². The Hall–Kier alpha value is -3.38. The smallest absolute Gasteiger partial charge is 0.0641 e. The van der Waals surface area contributed by atoms with Gasteiger partial charge in [-0.2, -0.15) is 0 Å². The summed E-state index contributed by atoms with van der Waals surface area (Å²) in [6, 6.07) is 21.1. The molecule has 3 heterocycles. The highest BCUT2D eigenvalue weighted by Crippen LogP contribution is 2.38. The largest absolute Gasteiger partial charge is 0.405 e. The van der Waals surface area contributed by atoms with Gasteiger partial charge < -0.3 is 20.9 Å². The fourth-order valence-electron chi connectivity index (χ4n) is 3.54. The molecule has 0 atom stereocenters. The number of hydrogen-bond acceptors (Lipinski definition) is 5. The molecule has 0 spiro atoms. The number of benzene rings is 2. The zero-order valence-electron chi connectivity index (χ0n) is 16.7. The van der Waals surface area contributed by atoms with E-state index in [-0.39, 0.29) is 0 Å². The van der Waals surface area contributed by atoms with Crippen LogP contribution in [-0.4, -0.2) is 22.3 Å². The van der Waals surface area contributed by atoms with E-state index in [1.807, 2.05) is 36.3 Å². The number of hydrogen-bond donors (Lipinski definition) is 3. The van der Waals surface area contributed by atoms with Crippen molar-refractivity contribution in [2.24, 2.45) is 5.73 Å². The highest BCUT2D eigenvalue weighted by Gasteiger charge is 2.18. The minimum atomic E-state index is 0.851. The molecule has 0 fully saturated rings. The molecular weight excluding hydrogens is 390 g/mol. The summed E-state index contributed by atoms with van der Waals surface area (Å²) in [6.07, 6.45) is 5.15. The number of nitrogens with two attached hydrogens (primary N) is 1. The Balaban J connectivity index is 0.000000687. The van der Waals surface area contributed by atoms with Crippen LogP contribution in [-0.2, 0) is 6.54 Å². The number of aromatic nitrogens is 2. The molecule has 5 rings (SSSR count). The van der Waals surface area contributed by atoms with Gasteiger partial charge in [0.15, 0.2) is 0 Å². The van der Waals surface area contributed by atoms with E-state index in [4.69, 9.17) is 0 Å². The maximum absolute atomic E-state index is 4.61. The Morgan fingerprint density at radius 3 is 2.83 bits per heavy atom. The number of aromatic amines is 1. The quantitative estimate of drug-likeness (QED) is 0.410. The third-order valence-electron chi connectivity index (χ3n) is 4.87. The van der Waals surface area contributed by atoms with E-state index in [0.29, 0.717) is 0 Å². The van der Waals surface area contributed by atoms with Crippen molar-refractivity contribution in [1.29, 1.82) is 0 Å². The normalized spacial score (nSPS) is 12.6. The molecule has 0 saturated carbocycles. The van der Waals surface area contributed by atoms with Gasteiger partial charge in [0.05, 0.1) is 23.6 Å². The molecule has 2 aromatic heterocycles. The van der Waals surface area contributed by atoms with E-state index >= 15 is 0 Å². The van der Waals surface area contributed by atoms with E-state index in [0.717, 1.165) is 41.4 Å². The summed E-state index contributed by atoms with van der Waals surface area (Å²) in [6.45, 7) is 5.03. The number of pyridine rings is 1. The molecule has 152 valence electrons. The van der Waals surface area contributed by atoms with Gasteiger partial charge in [-0.3, -0.25) is 4.98 Å². The van der Waals surface area contributed by atoms with Crippen molar-refractivity contribution in [3.63, 3.8) is 0 Å². The Morgan fingerprint density at radius 1 is 1.17 bits per heavy atom. The number of anilines is 3. The van der Waals surface area contributed by atoms with Gasteiger partial charge in [-0.15, -0.1) is 11.8 Å². The second kappa shape index (κ2) is 9.41. The summed E-state index contributed by atoms with van der Waals surface area (Å²) in [5.41, 5.74) is 10.4. The van der Waals surface area contributed by atoms with Crippen LogP contribution < -0.4 is 16.0 Å². The first kappa shape index (κ1) is 19.9. The molecule has 0 bridgehead atoms. The monoisotopic (exact) mass is 415 g/mol. The fraction of sp³-hybridized carbons (Fsp3) is 0.125. The predicted molar refractivity (Wildman–Crippen MR) is 128 cm³/mol. The second-order valence-electron chi connectivity index (χ2n) is 6.88. The first-order valence-electron chi connectivity index (χ1n) is 9.86. The number of para-hydroxylation sites is 1. The summed E-state index contributed by atoms with van der Waals surface area (Å²) in [5.74, 6) is 1.09. The molecule has 4 aromatic rings. The first-order chi connectivity index (χ1) is 14.8. The topological polar surface area (TPSA) is 70.0 Å². The van der Waals surface area contributed by atoms with Gasteiger partial charge >= 0.3 is 0 Å². The maximum Gasteiger partial charge on any atom is 0.0641 e. The molecule has 1 aliphatic rings. The molecule has 0 unspecified atom stereocenters. The van der Waals surface area contributed by atoms with Crippen molar-refractivity contribution >= 4 is 39.7 Å². The van der Waals surface area contributed by atoms with Crippen LogP contribution in [0.15, 0.2) is 90.7 Å². The summed E-state index contributed by atoms with van der Waals surface area (Å²) >= 11 is 1.92. The van der Waals surface area contributed by atoms with E-state index in [9.17, 15) is 0 Å². The van der Waals surface area contributed by atoms with Crippen molar-refractivity contribution in [1.82, 2.24) is 9.97 Å². The predicted octanol–water partition coefficient (Wildman–Crippen LogP) is 5.51. The molecule has 30 heavy (non-hydrogen) atoms.